The number of methoxy groups -OCH3 is 1. The van der Waals surface area contributed by atoms with Crippen molar-refractivity contribution in [2.75, 3.05) is 20.2 Å². The highest BCUT2D eigenvalue weighted by Gasteiger charge is 2.25. The van der Waals surface area contributed by atoms with Gasteiger partial charge in [0.2, 0.25) is 0 Å². The van der Waals surface area contributed by atoms with Crippen molar-refractivity contribution in [2.24, 2.45) is 0 Å². The van der Waals surface area contributed by atoms with E-state index in [4.69, 9.17) is 21.1 Å². The maximum Gasteiger partial charge on any atom is 0.253 e. The molecule has 3 rings (SSSR count). The molecule has 0 aromatic heterocycles. The quantitative estimate of drug-likeness (QED) is 0.818. The third-order valence-corrected chi connectivity index (χ3v) is 4.66. The van der Waals surface area contributed by atoms with Crippen LogP contribution in [0.4, 0.5) is 0 Å². The number of rotatable bonds is 4. The molecular formula is C20H19ClN2O3. The molecule has 1 fully saturated rings. The average Bonchev–Trinajstić information content (AvgIpc) is 2.69. The van der Waals surface area contributed by atoms with Crippen molar-refractivity contribution in [3.8, 4) is 17.6 Å². The van der Waals surface area contributed by atoms with Gasteiger partial charge in [0.05, 0.1) is 12.7 Å². The van der Waals surface area contributed by atoms with Crippen LogP contribution in [0.1, 0.15) is 28.8 Å². The predicted octanol–water partition coefficient (Wildman–Crippen LogP) is 3.90. The largest absolute Gasteiger partial charge is 0.495 e. The van der Waals surface area contributed by atoms with E-state index in [1.54, 1.807) is 35.2 Å². The van der Waals surface area contributed by atoms with Crippen LogP contribution in [0.5, 0.6) is 11.5 Å². The fourth-order valence-electron chi connectivity index (χ4n) is 2.99. The standard InChI is InChI=1S/C20H19ClN2O3/c1-25-19-7-2-14(12-15(19)13-22)20(24)23-10-8-18(9-11-23)26-17-5-3-16(21)4-6-17/h2-7,12,18H,8-11H2,1H3. The van der Waals surface area contributed by atoms with E-state index in [-0.39, 0.29) is 12.0 Å². The summed E-state index contributed by atoms with van der Waals surface area (Å²) in [5.41, 5.74) is 0.860. The van der Waals surface area contributed by atoms with Crippen molar-refractivity contribution < 1.29 is 14.3 Å². The van der Waals surface area contributed by atoms with Gasteiger partial charge in [0.25, 0.3) is 5.91 Å². The van der Waals surface area contributed by atoms with Crippen LogP contribution in [0.2, 0.25) is 5.02 Å². The number of nitriles is 1. The van der Waals surface area contributed by atoms with Crippen molar-refractivity contribution in [1.82, 2.24) is 4.90 Å². The summed E-state index contributed by atoms with van der Waals surface area (Å²) in [4.78, 5) is 14.5. The molecule has 0 spiro atoms. The lowest BCUT2D eigenvalue weighted by molar-refractivity contribution is 0.0595. The van der Waals surface area contributed by atoms with Crippen molar-refractivity contribution in [3.63, 3.8) is 0 Å². The monoisotopic (exact) mass is 370 g/mol. The molecule has 1 heterocycles. The zero-order valence-electron chi connectivity index (χ0n) is 14.4. The number of carbonyl (C=O) groups is 1. The first-order valence-corrected chi connectivity index (χ1v) is 8.78. The van der Waals surface area contributed by atoms with Crippen molar-refractivity contribution in [3.05, 3.63) is 58.6 Å². The van der Waals surface area contributed by atoms with Crippen molar-refractivity contribution in [1.29, 1.82) is 5.26 Å². The summed E-state index contributed by atoms with van der Waals surface area (Å²) < 4.78 is 11.1. The number of ether oxygens (including phenoxy) is 2. The number of hydrogen-bond donors (Lipinski definition) is 0. The van der Waals surface area contributed by atoms with Gasteiger partial charge >= 0.3 is 0 Å². The third kappa shape index (κ3) is 4.09. The fraction of sp³-hybridized carbons (Fsp3) is 0.300. The maximum absolute atomic E-state index is 12.7. The third-order valence-electron chi connectivity index (χ3n) is 4.41. The van der Waals surface area contributed by atoms with Crippen LogP contribution in [0.3, 0.4) is 0 Å². The Morgan fingerprint density at radius 1 is 1.19 bits per heavy atom. The fourth-order valence-corrected chi connectivity index (χ4v) is 3.12. The number of halogens is 1. The second-order valence-electron chi connectivity index (χ2n) is 6.09. The van der Waals surface area contributed by atoms with Gasteiger partial charge in [0.1, 0.15) is 23.7 Å². The summed E-state index contributed by atoms with van der Waals surface area (Å²) in [6, 6.07) is 14.3. The molecule has 1 saturated heterocycles. The molecule has 134 valence electrons. The molecule has 0 N–H and O–H groups in total. The summed E-state index contributed by atoms with van der Waals surface area (Å²) >= 11 is 5.88. The van der Waals surface area contributed by atoms with Crippen molar-refractivity contribution in [2.45, 2.75) is 18.9 Å². The first kappa shape index (κ1) is 18.1. The number of likely N-dealkylation sites (tertiary alicyclic amines) is 1. The number of piperidine rings is 1. The molecule has 1 amide bonds. The molecule has 26 heavy (non-hydrogen) atoms. The summed E-state index contributed by atoms with van der Waals surface area (Å²) in [5, 5.41) is 9.85. The molecule has 0 radical (unpaired) electrons. The molecule has 1 aliphatic heterocycles. The molecule has 2 aromatic rings. The van der Waals surface area contributed by atoms with E-state index in [9.17, 15) is 10.1 Å². The molecule has 0 saturated carbocycles. The number of hydrogen-bond acceptors (Lipinski definition) is 4. The smallest absolute Gasteiger partial charge is 0.253 e. The van der Waals surface area contributed by atoms with Crippen LogP contribution < -0.4 is 9.47 Å². The van der Waals surface area contributed by atoms with E-state index < -0.39 is 0 Å². The van der Waals surface area contributed by atoms with Crippen LogP contribution >= 0.6 is 11.6 Å². The minimum Gasteiger partial charge on any atom is -0.495 e. The van der Waals surface area contributed by atoms with Gasteiger partial charge in [-0.2, -0.15) is 5.26 Å². The number of carbonyl (C=O) groups excluding carboxylic acids is 1. The van der Waals surface area contributed by atoms with Gasteiger partial charge in [0.15, 0.2) is 0 Å². The lowest BCUT2D eigenvalue weighted by atomic mass is 10.0. The summed E-state index contributed by atoms with van der Waals surface area (Å²) in [5.74, 6) is 1.18. The average molecular weight is 371 g/mol. The summed E-state index contributed by atoms with van der Waals surface area (Å²) in [7, 11) is 1.50. The zero-order valence-corrected chi connectivity index (χ0v) is 15.2. The molecule has 1 aliphatic rings. The molecule has 6 heteroatoms. The van der Waals surface area contributed by atoms with Gasteiger partial charge in [0, 0.05) is 36.5 Å². The number of amides is 1. The van der Waals surface area contributed by atoms with Crippen LogP contribution in [0.15, 0.2) is 42.5 Å². The Labute approximate surface area is 157 Å². The van der Waals surface area contributed by atoms with Crippen LogP contribution in [0.25, 0.3) is 0 Å². The highest BCUT2D eigenvalue weighted by atomic mass is 35.5. The Hall–Kier alpha value is -2.71. The Kier molecular flexibility index (Phi) is 5.65. The van der Waals surface area contributed by atoms with Gasteiger partial charge in [-0.1, -0.05) is 11.6 Å². The second kappa shape index (κ2) is 8.11. The summed E-state index contributed by atoms with van der Waals surface area (Å²) in [6.07, 6.45) is 1.59. The molecule has 0 atom stereocenters. The first-order chi connectivity index (χ1) is 12.6. The van der Waals surface area contributed by atoms with Gasteiger partial charge in [-0.25, -0.2) is 0 Å². The van der Waals surface area contributed by atoms with Gasteiger partial charge in [-0.3, -0.25) is 4.79 Å². The van der Waals surface area contributed by atoms with E-state index >= 15 is 0 Å². The lowest BCUT2D eigenvalue weighted by Gasteiger charge is -2.32. The molecule has 0 aliphatic carbocycles. The molecule has 0 unspecified atom stereocenters. The maximum atomic E-state index is 12.7. The molecule has 2 aromatic carbocycles. The Morgan fingerprint density at radius 3 is 2.50 bits per heavy atom. The Balaban J connectivity index is 1.60. The topological polar surface area (TPSA) is 62.6 Å². The lowest BCUT2D eigenvalue weighted by Crippen LogP contribution is -2.41. The van der Waals surface area contributed by atoms with E-state index in [2.05, 4.69) is 6.07 Å². The molecule has 5 nitrogen and oxygen atoms in total. The predicted molar refractivity (Wildman–Crippen MR) is 98.7 cm³/mol. The Bertz CT molecular complexity index is 822. The summed E-state index contributed by atoms with van der Waals surface area (Å²) in [6.45, 7) is 1.23. The van der Waals surface area contributed by atoms with Crippen LogP contribution in [-0.2, 0) is 0 Å². The van der Waals surface area contributed by atoms with Crippen LogP contribution in [0, 0.1) is 11.3 Å². The second-order valence-corrected chi connectivity index (χ2v) is 6.53. The van der Waals surface area contributed by atoms with E-state index in [1.165, 1.54) is 7.11 Å². The number of benzene rings is 2. The van der Waals surface area contributed by atoms with E-state index in [1.807, 2.05) is 12.1 Å². The van der Waals surface area contributed by atoms with Crippen molar-refractivity contribution >= 4 is 17.5 Å². The normalized spacial score (nSPS) is 14.6. The van der Waals surface area contributed by atoms with Gasteiger partial charge in [-0.15, -0.1) is 0 Å². The zero-order chi connectivity index (χ0) is 18.5. The molecular weight excluding hydrogens is 352 g/mol. The Morgan fingerprint density at radius 2 is 1.88 bits per heavy atom. The van der Waals surface area contributed by atoms with E-state index in [0.29, 0.717) is 35.0 Å². The highest BCUT2D eigenvalue weighted by Crippen LogP contribution is 2.23. The SMILES string of the molecule is COc1ccc(C(=O)N2CCC(Oc3ccc(Cl)cc3)CC2)cc1C#N. The molecule has 0 bridgehead atoms. The highest BCUT2D eigenvalue weighted by molar-refractivity contribution is 6.30. The minimum atomic E-state index is -0.0749. The minimum absolute atomic E-state index is 0.0748. The number of nitrogens with zero attached hydrogens (tertiary/aromatic N) is 2. The van der Waals surface area contributed by atoms with Crippen LogP contribution in [-0.4, -0.2) is 37.1 Å². The first-order valence-electron chi connectivity index (χ1n) is 8.40. The van der Waals surface area contributed by atoms with Gasteiger partial charge < -0.3 is 14.4 Å². The van der Waals surface area contributed by atoms with Gasteiger partial charge in [-0.05, 0) is 42.5 Å². The van der Waals surface area contributed by atoms with E-state index in [0.717, 1.165) is 18.6 Å².